The van der Waals surface area contributed by atoms with Crippen LogP contribution < -0.4 is 9.64 Å². The quantitative estimate of drug-likeness (QED) is 0.197. The van der Waals surface area contributed by atoms with Crippen LogP contribution in [0.3, 0.4) is 0 Å². The molecule has 41 heavy (non-hydrogen) atoms. The van der Waals surface area contributed by atoms with E-state index < -0.39 is 0 Å². The van der Waals surface area contributed by atoms with E-state index in [0.717, 1.165) is 32.9 Å². The Morgan fingerprint density at radius 3 is 2.41 bits per heavy atom. The zero-order valence-corrected chi connectivity index (χ0v) is 24.1. The molecule has 1 fully saturated rings. The lowest BCUT2D eigenvalue weighted by Crippen LogP contribution is -2.49. The Balaban J connectivity index is 1.20. The second kappa shape index (κ2) is 12.2. The highest BCUT2D eigenvalue weighted by Gasteiger charge is 2.25. The van der Waals surface area contributed by atoms with E-state index in [2.05, 4.69) is 10.2 Å². The topological polar surface area (TPSA) is 63.5 Å². The minimum absolute atomic E-state index is 0.00900. The smallest absolute Gasteiger partial charge is 0.254 e. The van der Waals surface area contributed by atoms with Gasteiger partial charge in [0.1, 0.15) is 11.6 Å². The van der Waals surface area contributed by atoms with Crippen molar-refractivity contribution in [3.8, 4) is 22.1 Å². The second-order valence-corrected chi connectivity index (χ2v) is 11.4. The lowest BCUT2D eigenvalue weighted by atomic mass is 10.1. The maximum absolute atomic E-state index is 14.3. The van der Waals surface area contributed by atoms with E-state index in [1.807, 2.05) is 86.5 Å². The molecule has 0 saturated carbocycles. The van der Waals surface area contributed by atoms with E-state index >= 15 is 0 Å². The lowest BCUT2D eigenvalue weighted by molar-refractivity contribution is 0.0746. The van der Waals surface area contributed by atoms with Crippen molar-refractivity contribution in [1.82, 2.24) is 19.7 Å². The number of amides is 1. The van der Waals surface area contributed by atoms with Crippen LogP contribution in [0.2, 0.25) is 0 Å². The normalized spacial score (nSPS) is 13.4. The minimum Gasteiger partial charge on any atom is -0.497 e. The van der Waals surface area contributed by atoms with E-state index in [1.54, 1.807) is 42.3 Å². The number of thioether (sulfide) groups is 1. The van der Waals surface area contributed by atoms with E-state index in [-0.39, 0.29) is 11.7 Å². The average Bonchev–Trinajstić information content (AvgIpc) is 3.71. The molecule has 3 aromatic carbocycles. The fraction of sp³-hybridized carbons (Fsp3) is 0.194. The monoisotopic (exact) mass is 585 g/mol. The zero-order chi connectivity index (χ0) is 28.2. The summed E-state index contributed by atoms with van der Waals surface area (Å²) in [5.41, 5.74) is 3.12. The largest absolute Gasteiger partial charge is 0.497 e. The highest BCUT2D eigenvalue weighted by Crippen LogP contribution is 2.33. The molecule has 0 aliphatic carbocycles. The Morgan fingerprint density at radius 2 is 1.68 bits per heavy atom. The summed E-state index contributed by atoms with van der Waals surface area (Å²) in [6.45, 7) is 2.23. The van der Waals surface area contributed by atoms with Crippen LogP contribution in [0.15, 0.2) is 95.5 Å². The van der Waals surface area contributed by atoms with Gasteiger partial charge in [-0.1, -0.05) is 48.2 Å². The van der Waals surface area contributed by atoms with Gasteiger partial charge in [-0.25, -0.2) is 4.39 Å². The van der Waals surface area contributed by atoms with Gasteiger partial charge >= 0.3 is 0 Å². The third kappa shape index (κ3) is 5.71. The van der Waals surface area contributed by atoms with Crippen molar-refractivity contribution in [2.75, 3.05) is 38.2 Å². The van der Waals surface area contributed by atoms with Crippen molar-refractivity contribution >= 4 is 34.7 Å². The molecular weight excluding hydrogens is 558 g/mol. The van der Waals surface area contributed by atoms with Crippen LogP contribution in [-0.4, -0.2) is 58.9 Å². The lowest BCUT2D eigenvalue weighted by Gasteiger charge is -2.36. The molecule has 5 aromatic rings. The summed E-state index contributed by atoms with van der Waals surface area (Å²) >= 11 is 3.15. The number of piperazine rings is 1. The summed E-state index contributed by atoms with van der Waals surface area (Å²) in [7, 11) is 1.65. The predicted octanol–water partition coefficient (Wildman–Crippen LogP) is 6.40. The number of thiophene rings is 1. The van der Waals surface area contributed by atoms with Gasteiger partial charge < -0.3 is 14.5 Å². The van der Waals surface area contributed by atoms with E-state index in [0.29, 0.717) is 43.2 Å². The third-order valence-electron chi connectivity index (χ3n) is 7.07. The number of hydrogen-bond acceptors (Lipinski definition) is 7. The molecule has 1 aliphatic rings. The van der Waals surface area contributed by atoms with Crippen LogP contribution in [-0.2, 0) is 5.75 Å². The van der Waals surface area contributed by atoms with Gasteiger partial charge in [0.25, 0.3) is 5.91 Å². The number of hydrogen-bond donors (Lipinski definition) is 0. The first-order valence-electron chi connectivity index (χ1n) is 13.3. The average molecular weight is 586 g/mol. The van der Waals surface area contributed by atoms with Crippen LogP contribution >= 0.6 is 23.1 Å². The highest BCUT2D eigenvalue weighted by molar-refractivity contribution is 7.98. The summed E-state index contributed by atoms with van der Waals surface area (Å²) in [5, 5.41) is 11.8. The van der Waals surface area contributed by atoms with Crippen molar-refractivity contribution in [2.24, 2.45) is 0 Å². The maximum Gasteiger partial charge on any atom is 0.254 e. The molecular formula is C31H28FN5O2S2. The highest BCUT2D eigenvalue weighted by atomic mass is 32.2. The SMILES string of the molecule is COc1ccc(-n2c(SCc3ccccc3C(=O)N3CCN(c4ccccc4F)CC3)nnc2-c2cccs2)cc1. The van der Waals surface area contributed by atoms with Crippen molar-refractivity contribution < 1.29 is 13.9 Å². The Morgan fingerprint density at radius 1 is 0.927 bits per heavy atom. The Bertz CT molecular complexity index is 1630. The third-order valence-corrected chi connectivity index (χ3v) is 8.91. The van der Waals surface area contributed by atoms with Crippen LogP contribution in [0, 0.1) is 5.82 Å². The molecule has 0 N–H and O–H groups in total. The van der Waals surface area contributed by atoms with Gasteiger partial charge in [-0.15, -0.1) is 21.5 Å². The van der Waals surface area contributed by atoms with Gasteiger partial charge in [0.05, 0.1) is 23.4 Å². The number of methoxy groups -OCH3 is 1. The number of nitrogens with zero attached hydrogens (tertiary/aromatic N) is 5. The number of ether oxygens (including phenoxy) is 1. The zero-order valence-electron chi connectivity index (χ0n) is 22.4. The number of rotatable bonds is 8. The van der Waals surface area contributed by atoms with Crippen LogP contribution in [0.4, 0.5) is 10.1 Å². The van der Waals surface area contributed by atoms with Crippen molar-refractivity contribution in [3.05, 3.63) is 107 Å². The fourth-order valence-corrected chi connectivity index (χ4v) is 6.57. The van der Waals surface area contributed by atoms with E-state index in [9.17, 15) is 9.18 Å². The number of carbonyl (C=O) groups is 1. The molecule has 2 aromatic heterocycles. The number of aromatic nitrogens is 3. The summed E-state index contributed by atoms with van der Waals surface area (Å²) in [4.78, 5) is 18.5. The molecule has 7 nitrogen and oxygen atoms in total. The van der Waals surface area contributed by atoms with Crippen LogP contribution in [0.5, 0.6) is 5.75 Å². The number of para-hydroxylation sites is 1. The first kappa shape index (κ1) is 27.0. The Labute approximate surface area is 246 Å². The van der Waals surface area contributed by atoms with Gasteiger partial charge in [0, 0.05) is 37.5 Å². The number of halogens is 1. The summed E-state index contributed by atoms with van der Waals surface area (Å²) < 4.78 is 21.7. The van der Waals surface area contributed by atoms with Gasteiger partial charge in [0.15, 0.2) is 11.0 Å². The molecule has 208 valence electrons. The van der Waals surface area contributed by atoms with Crippen molar-refractivity contribution in [1.29, 1.82) is 0 Å². The van der Waals surface area contributed by atoms with Crippen molar-refractivity contribution in [2.45, 2.75) is 10.9 Å². The molecule has 0 unspecified atom stereocenters. The molecule has 10 heteroatoms. The van der Waals surface area contributed by atoms with Crippen molar-refractivity contribution in [3.63, 3.8) is 0 Å². The molecule has 0 atom stereocenters. The second-order valence-electron chi connectivity index (χ2n) is 9.49. The molecule has 0 spiro atoms. The first-order chi connectivity index (χ1) is 20.1. The van der Waals surface area contributed by atoms with Gasteiger partial charge in [-0.2, -0.15) is 0 Å². The molecule has 1 aliphatic heterocycles. The minimum atomic E-state index is -0.237. The fourth-order valence-electron chi connectivity index (χ4n) is 4.92. The molecule has 1 saturated heterocycles. The molecule has 0 bridgehead atoms. The number of benzene rings is 3. The first-order valence-corrected chi connectivity index (χ1v) is 15.1. The molecule has 6 rings (SSSR count). The van der Waals surface area contributed by atoms with Crippen LogP contribution in [0.1, 0.15) is 15.9 Å². The number of anilines is 1. The Kier molecular flexibility index (Phi) is 8.02. The maximum atomic E-state index is 14.3. The molecule has 1 amide bonds. The molecule has 0 radical (unpaired) electrons. The molecule has 3 heterocycles. The van der Waals surface area contributed by atoms with E-state index in [4.69, 9.17) is 4.74 Å². The van der Waals surface area contributed by atoms with Gasteiger partial charge in [-0.3, -0.25) is 9.36 Å². The standard InChI is InChI=1S/C31H28FN5O2S2/c1-39-24-14-12-23(13-15-24)37-29(28-11-6-20-40-28)33-34-31(37)41-21-22-7-2-3-8-25(22)30(38)36-18-16-35(17-19-36)27-10-5-4-9-26(27)32/h2-15,20H,16-19,21H2,1H3. The van der Waals surface area contributed by atoms with Crippen LogP contribution in [0.25, 0.3) is 16.4 Å². The predicted molar refractivity (Wildman–Crippen MR) is 162 cm³/mol. The summed E-state index contributed by atoms with van der Waals surface area (Å²) in [5.74, 6) is 1.85. The summed E-state index contributed by atoms with van der Waals surface area (Å²) in [6.07, 6.45) is 0. The number of carbonyl (C=O) groups excluding carboxylic acids is 1. The van der Waals surface area contributed by atoms with Gasteiger partial charge in [-0.05, 0) is 59.5 Å². The van der Waals surface area contributed by atoms with Gasteiger partial charge in [0.2, 0.25) is 0 Å². The Hall–Kier alpha value is -4.15. The van der Waals surface area contributed by atoms with E-state index in [1.165, 1.54) is 6.07 Å². The summed E-state index contributed by atoms with van der Waals surface area (Å²) in [6, 6.07) is 26.3.